The molecule has 9 heteroatoms. The number of aromatic nitrogens is 1. The Labute approximate surface area is 162 Å². The van der Waals surface area contributed by atoms with E-state index in [0.29, 0.717) is 25.6 Å². The Morgan fingerprint density at radius 2 is 1.89 bits per heavy atom. The molecule has 0 saturated carbocycles. The van der Waals surface area contributed by atoms with Gasteiger partial charge in [0.05, 0.1) is 25.1 Å². The van der Waals surface area contributed by atoms with E-state index in [-0.39, 0.29) is 24.3 Å². The molecule has 0 spiro atoms. The van der Waals surface area contributed by atoms with Crippen molar-refractivity contribution in [2.45, 2.75) is 38.0 Å². The number of hydrogen-bond donors (Lipinski definition) is 2. The molecule has 2 N–H and O–H groups in total. The van der Waals surface area contributed by atoms with Gasteiger partial charge in [-0.25, -0.2) is 4.98 Å². The Kier molecular flexibility index (Phi) is 5.54. The molecule has 0 aliphatic carbocycles. The summed E-state index contributed by atoms with van der Waals surface area (Å²) in [5, 5.41) is 4.86. The van der Waals surface area contributed by atoms with Gasteiger partial charge in [-0.2, -0.15) is 0 Å². The highest BCUT2D eigenvalue weighted by molar-refractivity contribution is 6.03. The standard InChI is InChI=1S/C19H24N4O5/c24-16-4-3-15(18(26)22-16)21-17(25)14-2-1-13(11-20-14)23-7-5-12(6-8-23)19-27-9-10-28-19/h1-2,11-12,15,19H,3-10H2,(H,21,25)(H,22,24,26). The number of nitrogens with zero attached hydrogens (tertiary/aromatic N) is 2. The van der Waals surface area contributed by atoms with Crippen molar-refractivity contribution in [3.8, 4) is 0 Å². The van der Waals surface area contributed by atoms with Gasteiger partial charge in [-0.3, -0.25) is 19.7 Å². The highest BCUT2D eigenvalue weighted by Crippen LogP contribution is 2.28. The molecule has 0 aromatic carbocycles. The first-order valence-electron chi connectivity index (χ1n) is 9.69. The molecule has 3 saturated heterocycles. The second-order valence-corrected chi connectivity index (χ2v) is 7.31. The number of ether oxygens (including phenoxy) is 2. The molecule has 3 aliphatic heterocycles. The Bertz CT molecular complexity index is 739. The first-order chi connectivity index (χ1) is 13.6. The predicted octanol–water partition coefficient (Wildman–Crippen LogP) is 0.206. The molecule has 4 rings (SSSR count). The van der Waals surface area contributed by atoms with Crippen LogP contribution in [0.3, 0.4) is 0 Å². The molecule has 1 aromatic rings. The van der Waals surface area contributed by atoms with Crippen molar-refractivity contribution in [2.75, 3.05) is 31.2 Å². The van der Waals surface area contributed by atoms with Gasteiger partial charge in [0.25, 0.3) is 5.91 Å². The van der Waals surface area contributed by atoms with Crippen molar-refractivity contribution in [2.24, 2.45) is 5.92 Å². The van der Waals surface area contributed by atoms with Gasteiger partial charge in [0.15, 0.2) is 6.29 Å². The smallest absolute Gasteiger partial charge is 0.270 e. The van der Waals surface area contributed by atoms with Crippen molar-refractivity contribution in [3.05, 3.63) is 24.0 Å². The number of nitrogens with one attached hydrogen (secondary N) is 2. The second-order valence-electron chi connectivity index (χ2n) is 7.31. The van der Waals surface area contributed by atoms with E-state index >= 15 is 0 Å². The minimum absolute atomic E-state index is 0.0707. The maximum atomic E-state index is 12.3. The summed E-state index contributed by atoms with van der Waals surface area (Å²) >= 11 is 0. The van der Waals surface area contributed by atoms with Gasteiger partial charge in [0, 0.05) is 25.4 Å². The van der Waals surface area contributed by atoms with Crippen LogP contribution in [0.5, 0.6) is 0 Å². The Morgan fingerprint density at radius 3 is 2.54 bits per heavy atom. The van der Waals surface area contributed by atoms with E-state index in [2.05, 4.69) is 20.5 Å². The van der Waals surface area contributed by atoms with Crippen molar-refractivity contribution in [1.82, 2.24) is 15.6 Å². The number of pyridine rings is 1. The van der Waals surface area contributed by atoms with Crippen LogP contribution in [0, 0.1) is 5.92 Å². The molecule has 9 nitrogen and oxygen atoms in total. The third kappa shape index (κ3) is 4.15. The fourth-order valence-corrected chi connectivity index (χ4v) is 3.85. The zero-order valence-electron chi connectivity index (χ0n) is 15.6. The molecule has 1 atom stereocenters. The number of hydrogen-bond acceptors (Lipinski definition) is 7. The minimum atomic E-state index is -0.703. The summed E-state index contributed by atoms with van der Waals surface area (Å²) in [4.78, 5) is 41.8. The third-order valence-electron chi connectivity index (χ3n) is 5.46. The van der Waals surface area contributed by atoms with E-state index in [1.165, 1.54) is 0 Å². The van der Waals surface area contributed by atoms with Gasteiger partial charge in [0.2, 0.25) is 11.8 Å². The number of carbonyl (C=O) groups is 3. The fourth-order valence-electron chi connectivity index (χ4n) is 3.85. The maximum absolute atomic E-state index is 12.3. The van der Waals surface area contributed by atoms with Gasteiger partial charge in [-0.05, 0) is 31.4 Å². The third-order valence-corrected chi connectivity index (χ3v) is 5.46. The zero-order valence-corrected chi connectivity index (χ0v) is 15.6. The van der Waals surface area contributed by atoms with E-state index in [1.54, 1.807) is 12.3 Å². The molecular formula is C19H24N4O5. The molecule has 1 unspecified atom stereocenters. The summed E-state index contributed by atoms with van der Waals surface area (Å²) in [6.45, 7) is 3.13. The van der Waals surface area contributed by atoms with Crippen LogP contribution in [0.2, 0.25) is 0 Å². The zero-order chi connectivity index (χ0) is 19.5. The van der Waals surface area contributed by atoms with Crippen molar-refractivity contribution < 1.29 is 23.9 Å². The molecule has 0 bridgehead atoms. The van der Waals surface area contributed by atoms with Gasteiger partial charge < -0.3 is 19.7 Å². The first-order valence-corrected chi connectivity index (χ1v) is 9.69. The number of rotatable bonds is 4. The topological polar surface area (TPSA) is 110 Å². The average Bonchev–Trinajstić information content (AvgIpc) is 3.25. The van der Waals surface area contributed by atoms with Crippen molar-refractivity contribution in [3.63, 3.8) is 0 Å². The van der Waals surface area contributed by atoms with Crippen molar-refractivity contribution >= 4 is 23.4 Å². The van der Waals surface area contributed by atoms with Crippen LogP contribution in [-0.4, -0.2) is 61.3 Å². The largest absolute Gasteiger partial charge is 0.370 e. The Hall–Kier alpha value is -2.52. The van der Waals surface area contributed by atoms with Crippen LogP contribution >= 0.6 is 0 Å². The first kappa shape index (κ1) is 18.8. The molecule has 4 heterocycles. The van der Waals surface area contributed by atoms with Crippen molar-refractivity contribution in [1.29, 1.82) is 0 Å². The van der Waals surface area contributed by atoms with E-state index < -0.39 is 17.9 Å². The number of imide groups is 1. The number of anilines is 1. The summed E-state index contributed by atoms with van der Waals surface area (Å²) in [6.07, 6.45) is 4.11. The van der Waals surface area contributed by atoms with Crippen LogP contribution in [0.15, 0.2) is 18.3 Å². The van der Waals surface area contributed by atoms with E-state index in [0.717, 1.165) is 31.6 Å². The SMILES string of the molecule is O=C1CCC(NC(=O)c2ccc(N3CCC(C4OCCO4)CC3)cn2)C(=O)N1. The number of carbonyl (C=O) groups excluding carboxylic acids is 3. The van der Waals surface area contributed by atoms with E-state index in [1.807, 2.05) is 6.07 Å². The highest BCUT2D eigenvalue weighted by atomic mass is 16.7. The molecule has 1 aromatic heterocycles. The number of amides is 3. The summed E-state index contributed by atoms with van der Waals surface area (Å²) in [7, 11) is 0. The highest BCUT2D eigenvalue weighted by Gasteiger charge is 2.31. The van der Waals surface area contributed by atoms with E-state index in [4.69, 9.17) is 9.47 Å². The minimum Gasteiger partial charge on any atom is -0.370 e. The molecule has 3 fully saturated rings. The van der Waals surface area contributed by atoms with Gasteiger partial charge in [-0.1, -0.05) is 0 Å². The molecular weight excluding hydrogens is 364 g/mol. The van der Waals surface area contributed by atoms with Crippen LogP contribution < -0.4 is 15.5 Å². The predicted molar refractivity (Wildman–Crippen MR) is 98.5 cm³/mol. The Balaban J connectivity index is 1.30. The van der Waals surface area contributed by atoms with E-state index in [9.17, 15) is 14.4 Å². The van der Waals surface area contributed by atoms with Gasteiger partial charge in [0.1, 0.15) is 11.7 Å². The summed E-state index contributed by atoms with van der Waals surface area (Å²) in [5.41, 5.74) is 1.21. The molecule has 3 aliphatic rings. The lowest BCUT2D eigenvalue weighted by molar-refractivity contribution is -0.134. The summed E-state index contributed by atoms with van der Waals surface area (Å²) in [6, 6.07) is 2.83. The molecule has 150 valence electrons. The molecule has 0 radical (unpaired) electrons. The number of piperidine rings is 2. The molecule has 3 amide bonds. The second kappa shape index (κ2) is 8.24. The lowest BCUT2D eigenvalue weighted by Crippen LogP contribution is -2.52. The van der Waals surface area contributed by atoms with Gasteiger partial charge >= 0.3 is 0 Å². The quantitative estimate of drug-likeness (QED) is 0.710. The monoisotopic (exact) mass is 388 g/mol. The van der Waals surface area contributed by atoms with Crippen LogP contribution in [0.25, 0.3) is 0 Å². The average molecular weight is 388 g/mol. The van der Waals surface area contributed by atoms with Crippen LogP contribution in [-0.2, 0) is 19.1 Å². The maximum Gasteiger partial charge on any atom is 0.270 e. The Morgan fingerprint density at radius 1 is 1.14 bits per heavy atom. The normalized spacial score (nSPS) is 24.3. The molecule has 28 heavy (non-hydrogen) atoms. The lowest BCUT2D eigenvalue weighted by Gasteiger charge is -2.35. The van der Waals surface area contributed by atoms with Crippen LogP contribution in [0.1, 0.15) is 36.2 Å². The summed E-state index contributed by atoms with van der Waals surface area (Å²) < 4.78 is 11.2. The fraction of sp³-hybridized carbons (Fsp3) is 0.579. The summed E-state index contributed by atoms with van der Waals surface area (Å²) in [5.74, 6) is -0.785. The van der Waals surface area contributed by atoms with Crippen LogP contribution in [0.4, 0.5) is 5.69 Å². The lowest BCUT2D eigenvalue weighted by atomic mass is 9.96. The van der Waals surface area contributed by atoms with Gasteiger partial charge in [-0.15, -0.1) is 0 Å².